The van der Waals surface area contributed by atoms with Crippen LogP contribution in [0.5, 0.6) is 5.75 Å². The first-order chi connectivity index (χ1) is 26.4. The van der Waals surface area contributed by atoms with E-state index in [4.69, 9.17) is 25.8 Å². The molecule has 55 heavy (non-hydrogen) atoms. The molecule has 1 saturated carbocycles. The number of nitrogens with one attached hydrogen (secondary N) is 1. The maximum atomic E-state index is 14.2. The Hall–Kier alpha value is -2.34. The van der Waals surface area contributed by atoms with Gasteiger partial charge in [0.2, 0.25) is 0 Å². The van der Waals surface area contributed by atoms with Crippen LogP contribution in [0.25, 0.3) is 0 Å². The number of anilines is 1. The minimum Gasteiger partial charge on any atom is -0.490 e. The fourth-order valence-corrected chi connectivity index (χ4v) is 12.8. The van der Waals surface area contributed by atoms with Gasteiger partial charge < -0.3 is 19.1 Å². The summed E-state index contributed by atoms with van der Waals surface area (Å²) in [5.74, 6) is 5.51. The molecule has 11 heteroatoms. The number of carbonyl (C=O) groups excluding carboxylic acids is 1. The Morgan fingerprint density at radius 1 is 1.04 bits per heavy atom. The third-order valence-electron chi connectivity index (χ3n) is 14.5. The van der Waals surface area contributed by atoms with Crippen molar-refractivity contribution in [3.8, 4) is 5.75 Å². The number of amides is 1. The molecule has 1 unspecified atom stereocenters. The molecule has 2 aromatic carbocycles. The van der Waals surface area contributed by atoms with E-state index in [0.717, 1.165) is 120 Å². The number of piperazine rings is 1. The van der Waals surface area contributed by atoms with Gasteiger partial charge in [0.15, 0.2) is 0 Å². The van der Waals surface area contributed by atoms with E-state index >= 15 is 0 Å². The first-order valence-corrected chi connectivity index (χ1v) is 23.3. The summed E-state index contributed by atoms with van der Waals surface area (Å²) in [6.07, 6.45) is 8.22. The summed E-state index contributed by atoms with van der Waals surface area (Å²) in [6.45, 7) is 17.3. The smallest absolute Gasteiger partial charge is 0.262 e. The quantitative estimate of drug-likeness (QED) is 0.340. The predicted octanol–water partition coefficient (Wildman–Crippen LogP) is 6.59. The molecular weight excluding hydrogens is 732 g/mol. The standard InChI is InChI=1S/C44H63ClN4O5S/c1-6-54-44(28-47-19-20-49(31(3)23-47)37-25-52-26-37)18-7-9-30(2)32(4)55(5,51)46-42(50)34-12-16-41-40(22-34)48(24-35-11-14-39(35)44)27-43(29-53-41)17-8-10-33-21-36(45)13-15-38(33)43/h12-13,15-16,21-22,30-32,35,37,39H,5-11,14,17-20,23-29H2,1-4H3,(H,46,50,51)/t30-,31+,32+,35-,39+,43-,44-,55?/m0/s1. The molecule has 1 amide bonds. The Labute approximate surface area is 334 Å². The van der Waals surface area contributed by atoms with Gasteiger partial charge in [0.05, 0.1) is 46.9 Å². The van der Waals surface area contributed by atoms with Gasteiger partial charge in [0.1, 0.15) is 5.75 Å². The number of rotatable bonds is 5. The van der Waals surface area contributed by atoms with Crippen molar-refractivity contribution in [2.75, 3.05) is 70.6 Å². The number of fused-ring (bicyclic) bond motifs is 4. The highest BCUT2D eigenvalue weighted by atomic mass is 35.5. The predicted molar refractivity (Wildman–Crippen MR) is 223 cm³/mol. The average molecular weight is 796 g/mol. The molecule has 8 atom stereocenters. The van der Waals surface area contributed by atoms with Crippen molar-refractivity contribution in [1.29, 1.82) is 0 Å². The van der Waals surface area contributed by atoms with Crippen LogP contribution in [0.4, 0.5) is 5.69 Å². The molecule has 9 nitrogen and oxygen atoms in total. The molecule has 2 saturated heterocycles. The monoisotopic (exact) mass is 794 g/mol. The summed E-state index contributed by atoms with van der Waals surface area (Å²) in [5, 5.41) is 0.490. The highest BCUT2D eigenvalue weighted by molar-refractivity contribution is 7.99. The molecule has 1 spiro atoms. The molecule has 0 radical (unpaired) electrons. The van der Waals surface area contributed by atoms with Gasteiger partial charge in [0.25, 0.3) is 5.91 Å². The highest BCUT2D eigenvalue weighted by Gasteiger charge is 2.51. The fourth-order valence-electron chi connectivity index (χ4n) is 11.1. The van der Waals surface area contributed by atoms with Crippen molar-refractivity contribution in [3.05, 3.63) is 58.1 Å². The molecule has 4 heterocycles. The Balaban J connectivity index is 1.17. The lowest BCUT2D eigenvalue weighted by atomic mass is 9.62. The second-order valence-corrected chi connectivity index (χ2v) is 20.8. The minimum absolute atomic E-state index is 0.114. The molecule has 2 bridgehead atoms. The lowest BCUT2D eigenvalue weighted by Gasteiger charge is -2.55. The van der Waals surface area contributed by atoms with Gasteiger partial charge in [-0.2, -0.15) is 0 Å². The Bertz CT molecular complexity index is 1840. The van der Waals surface area contributed by atoms with E-state index in [1.165, 1.54) is 11.1 Å². The third-order valence-corrected chi connectivity index (χ3v) is 17.0. The van der Waals surface area contributed by atoms with Crippen LogP contribution in [0.2, 0.25) is 5.02 Å². The fraction of sp³-hybridized carbons (Fsp3) is 0.682. The van der Waals surface area contributed by atoms with Crippen LogP contribution in [-0.4, -0.2) is 114 Å². The van der Waals surface area contributed by atoms with E-state index in [0.29, 0.717) is 42.7 Å². The zero-order chi connectivity index (χ0) is 38.5. The summed E-state index contributed by atoms with van der Waals surface area (Å²) >= 11 is 6.55. The van der Waals surface area contributed by atoms with Gasteiger partial charge in [-0.25, -0.2) is 4.21 Å². The summed E-state index contributed by atoms with van der Waals surface area (Å²) in [6, 6.07) is 13.1. The second-order valence-electron chi connectivity index (χ2n) is 18.0. The van der Waals surface area contributed by atoms with Gasteiger partial charge in [-0.15, -0.1) is 0 Å². The topological polar surface area (TPSA) is 83.6 Å². The number of ether oxygens (including phenoxy) is 3. The van der Waals surface area contributed by atoms with Crippen LogP contribution in [0.15, 0.2) is 36.4 Å². The molecule has 1 N–H and O–H groups in total. The summed E-state index contributed by atoms with van der Waals surface area (Å²) in [5.41, 5.74) is 3.55. The van der Waals surface area contributed by atoms with E-state index < -0.39 is 9.71 Å². The van der Waals surface area contributed by atoms with E-state index in [2.05, 4.69) is 58.2 Å². The molecule has 302 valence electrons. The largest absolute Gasteiger partial charge is 0.490 e. The van der Waals surface area contributed by atoms with Crippen molar-refractivity contribution in [2.24, 2.45) is 17.8 Å². The maximum Gasteiger partial charge on any atom is 0.262 e. The number of nitrogens with zero attached hydrogens (tertiary/aromatic N) is 3. The van der Waals surface area contributed by atoms with Crippen molar-refractivity contribution in [3.63, 3.8) is 0 Å². The van der Waals surface area contributed by atoms with E-state index in [1.807, 2.05) is 31.2 Å². The number of halogens is 1. The Morgan fingerprint density at radius 3 is 2.60 bits per heavy atom. The number of aryl methyl sites for hydroxylation is 1. The normalized spacial score (nSPS) is 36.4. The first-order valence-electron chi connectivity index (χ1n) is 21.1. The Morgan fingerprint density at radius 2 is 1.87 bits per heavy atom. The maximum absolute atomic E-state index is 14.2. The zero-order valence-electron chi connectivity index (χ0n) is 33.5. The highest BCUT2D eigenvalue weighted by Crippen LogP contribution is 2.50. The van der Waals surface area contributed by atoms with Crippen molar-refractivity contribution in [1.82, 2.24) is 14.5 Å². The van der Waals surface area contributed by atoms with Crippen LogP contribution < -0.4 is 14.4 Å². The first kappa shape index (κ1) is 39.5. The van der Waals surface area contributed by atoms with Crippen molar-refractivity contribution >= 4 is 38.8 Å². The second kappa shape index (κ2) is 15.8. The molecule has 6 aliphatic rings. The Kier molecular flexibility index (Phi) is 11.3. The number of hydrogen-bond donors (Lipinski definition) is 1. The van der Waals surface area contributed by atoms with E-state index in [-0.39, 0.29) is 28.1 Å². The number of carbonyl (C=O) groups is 1. The molecule has 2 aliphatic carbocycles. The molecular formula is C44H63ClN4O5S. The van der Waals surface area contributed by atoms with Gasteiger partial charge in [-0.3, -0.25) is 19.3 Å². The summed E-state index contributed by atoms with van der Waals surface area (Å²) in [4.78, 5) is 21.8. The number of benzene rings is 2. The van der Waals surface area contributed by atoms with Gasteiger partial charge in [0, 0.05) is 73.2 Å². The summed E-state index contributed by atoms with van der Waals surface area (Å²) in [7, 11) is -2.93. The van der Waals surface area contributed by atoms with Crippen molar-refractivity contribution in [2.45, 2.75) is 107 Å². The molecule has 0 aromatic heterocycles. The van der Waals surface area contributed by atoms with Crippen LogP contribution in [0.3, 0.4) is 0 Å². The van der Waals surface area contributed by atoms with Crippen LogP contribution in [0.1, 0.15) is 94.1 Å². The molecule has 4 aliphatic heterocycles. The van der Waals surface area contributed by atoms with Gasteiger partial charge in [-0.05, 0) is 131 Å². The van der Waals surface area contributed by atoms with Gasteiger partial charge >= 0.3 is 0 Å². The lowest BCUT2D eigenvalue weighted by Crippen LogP contribution is -2.64. The summed E-state index contributed by atoms with van der Waals surface area (Å²) < 4.78 is 36.6. The lowest BCUT2D eigenvalue weighted by molar-refractivity contribution is -0.155. The average Bonchev–Trinajstić information content (AvgIpc) is 3.26. The SMILES string of the molecule is C=S1(=O)NC(=O)c2ccc3c(c2)N(C[C@@H]2CC[C@H]2[C@](CN2CCN(C4COC4)[C@H](C)C2)(OCC)CCC[C@H](C)[C@H]1C)C[C@@]1(CCCc2cc(Cl)ccc21)CO3. The molecule has 8 rings (SSSR count). The van der Waals surface area contributed by atoms with Crippen LogP contribution >= 0.6 is 11.6 Å². The molecule has 2 aromatic rings. The van der Waals surface area contributed by atoms with Gasteiger partial charge in [-0.1, -0.05) is 31.0 Å². The van der Waals surface area contributed by atoms with Crippen molar-refractivity contribution < 1.29 is 23.2 Å². The minimum atomic E-state index is -2.93. The molecule has 3 fully saturated rings. The van der Waals surface area contributed by atoms with Crippen LogP contribution in [-0.2, 0) is 31.0 Å². The van der Waals surface area contributed by atoms with E-state index in [9.17, 15) is 9.00 Å². The number of hydrogen-bond acceptors (Lipinski definition) is 8. The van der Waals surface area contributed by atoms with Crippen LogP contribution in [0, 0.1) is 17.8 Å². The zero-order valence-corrected chi connectivity index (χ0v) is 35.1. The van der Waals surface area contributed by atoms with E-state index in [1.54, 1.807) is 0 Å². The third kappa shape index (κ3) is 7.70.